The summed E-state index contributed by atoms with van der Waals surface area (Å²) in [5.74, 6) is 0. The Bertz CT molecular complexity index is 553. The zero-order valence-electron chi connectivity index (χ0n) is 13.4. The van der Waals surface area contributed by atoms with Crippen molar-refractivity contribution < 1.29 is 19.1 Å². The van der Waals surface area contributed by atoms with Gasteiger partial charge in [-0.05, 0) is 69.3 Å². The summed E-state index contributed by atoms with van der Waals surface area (Å²) in [4.78, 5) is 27.6. The van der Waals surface area contributed by atoms with E-state index in [4.69, 9.17) is 9.47 Å². The molecule has 6 nitrogen and oxygen atoms in total. The van der Waals surface area contributed by atoms with Gasteiger partial charge in [0.1, 0.15) is 11.2 Å². The van der Waals surface area contributed by atoms with Gasteiger partial charge in [-0.2, -0.15) is 0 Å². The molecule has 122 valence electrons. The van der Waals surface area contributed by atoms with Crippen LogP contribution in [0, 0.1) is 3.57 Å². The molecule has 1 N–H and O–H groups in total. The van der Waals surface area contributed by atoms with Crippen LogP contribution in [-0.2, 0) is 15.9 Å². The van der Waals surface area contributed by atoms with Crippen LogP contribution in [0.5, 0.6) is 0 Å². The SMILES string of the molecule is CC(C)(C)OC(=O)NC(=O)OC(C)(C)Cc1ncccc1I. The fourth-order valence-corrected chi connectivity index (χ4v) is 2.19. The number of rotatable bonds is 3. The van der Waals surface area contributed by atoms with Crippen molar-refractivity contribution >= 4 is 34.8 Å². The molecular weight excluding hydrogens is 399 g/mol. The smallest absolute Gasteiger partial charge is 0.417 e. The van der Waals surface area contributed by atoms with E-state index >= 15 is 0 Å². The molecule has 0 aromatic carbocycles. The molecule has 0 aliphatic rings. The molecule has 7 heteroatoms. The van der Waals surface area contributed by atoms with Crippen LogP contribution in [0.15, 0.2) is 18.3 Å². The van der Waals surface area contributed by atoms with Crippen LogP contribution in [0.4, 0.5) is 9.59 Å². The molecule has 0 bridgehead atoms. The van der Waals surface area contributed by atoms with E-state index in [9.17, 15) is 9.59 Å². The zero-order valence-corrected chi connectivity index (χ0v) is 15.6. The molecule has 0 spiro atoms. The van der Waals surface area contributed by atoms with E-state index < -0.39 is 23.4 Å². The molecule has 1 heterocycles. The van der Waals surface area contributed by atoms with Crippen LogP contribution < -0.4 is 5.32 Å². The molecule has 1 aromatic rings. The first-order valence-corrected chi connectivity index (χ1v) is 7.89. The minimum absolute atomic E-state index is 0.438. The van der Waals surface area contributed by atoms with E-state index in [0.717, 1.165) is 9.26 Å². The first kappa shape index (κ1) is 18.7. The fraction of sp³-hybridized carbons (Fsp3) is 0.533. The van der Waals surface area contributed by atoms with Crippen molar-refractivity contribution in [3.8, 4) is 0 Å². The molecule has 0 saturated heterocycles. The third kappa shape index (κ3) is 7.06. The van der Waals surface area contributed by atoms with Gasteiger partial charge in [0.05, 0.1) is 5.69 Å². The van der Waals surface area contributed by atoms with Gasteiger partial charge >= 0.3 is 12.2 Å². The molecule has 0 unspecified atom stereocenters. The number of halogens is 1. The monoisotopic (exact) mass is 420 g/mol. The fourth-order valence-electron chi connectivity index (χ4n) is 1.65. The predicted molar refractivity (Wildman–Crippen MR) is 90.6 cm³/mol. The highest BCUT2D eigenvalue weighted by Crippen LogP contribution is 2.19. The van der Waals surface area contributed by atoms with Gasteiger partial charge in [0.25, 0.3) is 0 Å². The van der Waals surface area contributed by atoms with Gasteiger partial charge in [-0.1, -0.05) is 0 Å². The maximum absolute atomic E-state index is 11.8. The summed E-state index contributed by atoms with van der Waals surface area (Å²) in [7, 11) is 0. The minimum atomic E-state index is -0.842. The van der Waals surface area contributed by atoms with E-state index in [1.54, 1.807) is 40.8 Å². The molecule has 0 saturated carbocycles. The summed E-state index contributed by atoms with van der Waals surface area (Å²) < 4.78 is 11.3. The lowest BCUT2D eigenvalue weighted by molar-refractivity contribution is 0.0275. The van der Waals surface area contributed by atoms with Crippen LogP contribution >= 0.6 is 22.6 Å². The van der Waals surface area contributed by atoms with E-state index in [1.165, 1.54) is 0 Å². The van der Waals surface area contributed by atoms with Gasteiger partial charge in [0, 0.05) is 16.2 Å². The lowest BCUT2D eigenvalue weighted by atomic mass is 10.0. The molecule has 0 atom stereocenters. The van der Waals surface area contributed by atoms with Crippen molar-refractivity contribution in [3.63, 3.8) is 0 Å². The first-order valence-electron chi connectivity index (χ1n) is 6.81. The van der Waals surface area contributed by atoms with Gasteiger partial charge in [0.15, 0.2) is 0 Å². The van der Waals surface area contributed by atoms with E-state index in [-0.39, 0.29) is 0 Å². The molecule has 2 amide bonds. The summed E-state index contributed by atoms with van der Waals surface area (Å²) in [5.41, 5.74) is -0.650. The first-order chi connectivity index (χ1) is 9.98. The normalized spacial score (nSPS) is 11.7. The Hall–Kier alpha value is -1.38. The molecule has 0 radical (unpaired) electrons. The van der Waals surface area contributed by atoms with Crippen molar-refractivity contribution in [3.05, 3.63) is 27.6 Å². The molecule has 0 fully saturated rings. The van der Waals surface area contributed by atoms with Crippen molar-refractivity contribution in [1.82, 2.24) is 10.3 Å². The predicted octanol–water partition coefficient (Wildman–Crippen LogP) is 3.67. The van der Waals surface area contributed by atoms with Gasteiger partial charge in [-0.25, -0.2) is 14.9 Å². The highest BCUT2D eigenvalue weighted by atomic mass is 127. The maximum atomic E-state index is 11.8. The Labute approximate surface area is 144 Å². The van der Waals surface area contributed by atoms with Crippen molar-refractivity contribution in [2.45, 2.75) is 52.2 Å². The van der Waals surface area contributed by atoms with E-state index in [1.807, 2.05) is 17.4 Å². The Morgan fingerprint density at radius 3 is 2.32 bits per heavy atom. The number of alkyl carbamates (subject to hydrolysis) is 2. The lowest BCUT2D eigenvalue weighted by Crippen LogP contribution is -2.41. The second-order valence-corrected chi connectivity index (χ2v) is 7.55. The van der Waals surface area contributed by atoms with Crippen LogP contribution in [0.3, 0.4) is 0 Å². The van der Waals surface area contributed by atoms with Crippen molar-refractivity contribution in [2.75, 3.05) is 0 Å². The van der Waals surface area contributed by atoms with Crippen molar-refractivity contribution in [1.29, 1.82) is 0 Å². The average molecular weight is 420 g/mol. The number of hydrogen-bond donors (Lipinski definition) is 1. The number of amides is 2. The second kappa shape index (κ2) is 7.26. The number of nitrogens with one attached hydrogen (secondary N) is 1. The molecular formula is C15H21IN2O4. The zero-order chi connectivity index (χ0) is 17.0. The molecule has 0 aliphatic carbocycles. The Morgan fingerprint density at radius 1 is 1.18 bits per heavy atom. The number of pyridine rings is 1. The summed E-state index contributed by atoms with van der Waals surface area (Å²) in [6, 6.07) is 3.77. The largest absolute Gasteiger partial charge is 0.443 e. The summed E-state index contributed by atoms with van der Waals surface area (Å²) in [6.07, 6.45) is 0.452. The third-order valence-corrected chi connectivity index (χ3v) is 3.38. The second-order valence-electron chi connectivity index (χ2n) is 6.38. The number of imide groups is 1. The minimum Gasteiger partial charge on any atom is -0.443 e. The maximum Gasteiger partial charge on any atom is 0.417 e. The Kier molecular flexibility index (Phi) is 6.16. The molecule has 22 heavy (non-hydrogen) atoms. The van der Waals surface area contributed by atoms with Gasteiger partial charge < -0.3 is 9.47 Å². The van der Waals surface area contributed by atoms with E-state index in [0.29, 0.717) is 6.42 Å². The average Bonchev–Trinajstić information content (AvgIpc) is 2.27. The van der Waals surface area contributed by atoms with Crippen LogP contribution in [0.25, 0.3) is 0 Å². The molecule has 0 aliphatic heterocycles. The lowest BCUT2D eigenvalue weighted by Gasteiger charge is -2.25. The summed E-state index contributed by atoms with van der Waals surface area (Å²) >= 11 is 2.18. The number of hydrogen-bond acceptors (Lipinski definition) is 5. The topological polar surface area (TPSA) is 77.5 Å². The highest BCUT2D eigenvalue weighted by molar-refractivity contribution is 14.1. The molecule has 1 rings (SSSR count). The third-order valence-electron chi connectivity index (χ3n) is 2.40. The molecule has 1 aromatic heterocycles. The number of ether oxygens (including phenoxy) is 2. The van der Waals surface area contributed by atoms with Gasteiger partial charge in [-0.15, -0.1) is 0 Å². The standard InChI is InChI=1S/C15H21IN2O4/c1-14(2,3)21-12(19)18-13(20)22-15(4,5)9-11-10(16)7-6-8-17-11/h6-8H,9H2,1-5H3,(H,18,19,20). The summed E-state index contributed by atoms with van der Waals surface area (Å²) in [6.45, 7) is 8.65. The van der Waals surface area contributed by atoms with Crippen LogP contribution in [-0.4, -0.2) is 28.4 Å². The number of carbonyl (C=O) groups is 2. The number of nitrogens with zero attached hydrogens (tertiary/aromatic N) is 1. The number of aromatic nitrogens is 1. The Morgan fingerprint density at radius 2 is 1.77 bits per heavy atom. The van der Waals surface area contributed by atoms with Crippen molar-refractivity contribution in [2.24, 2.45) is 0 Å². The van der Waals surface area contributed by atoms with Crippen LogP contribution in [0.2, 0.25) is 0 Å². The Balaban J connectivity index is 2.59. The van der Waals surface area contributed by atoms with Gasteiger partial charge in [-0.3, -0.25) is 4.98 Å². The summed E-state index contributed by atoms with van der Waals surface area (Å²) in [5, 5.41) is 2.05. The van der Waals surface area contributed by atoms with Crippen LogP contribution in [0.1, 0.15) is 40.3 Å². The number of carbonyl (C=O) groups excluding carboxylic acids is 2. The van der Waals surface area contributed by atoms with E-state index in [2.05, 4.69) is 27.6 Å². The van der Waals surface area contributed by atoms with Gasteiger partial charge in [0.2, 0.25) is 0 Å². The highest BCUT2D eigenvalue weighted by Gasteiger charge is 2.27. The quantitative estimate of drug-likeness (QED) is 0.756.